The van der Waals surface area contributed by atoms with E-state index in [9.17, 15) is 35.1 Å². The summed E-state index contributed by atoms with van der Waals surface area (Å²) in [5, 5.41) is 52.4. The van der Waals surface area contributed by atoms with E-state index in [0.29, 0.717) is 24.8 Å². The monoisotopic (exact) mass is 546 g/mol. The van der Waals surface area contributed by atoms with Gasteiger partial charge in [-0.1, -0.05) is 30.3 Å². The molecule has 0 spiro atoms. The number of rotatable bonds is 10. The molecule has 1 saturated heterocycles. The average Bonchev–Trinajstić information content (AvgIpc) is 2.85. The Balaban J connectivity index is 1.65. The third-order valence-electron chi connectivity index (χ3n) is 7.04. The Morgan fingerprint density at radius 2 is 1.66 bits per heavy atom. The van der Waals surface area contributed by atoms with Gasteiger partial charge in [-0.25, -0.2) is 0 Å². The molecule has 2 aromatic carbocycles. The van der Waals surface area contributed by atoms with Crippen molar-refractivity contribution in [2.75, 3.05) is 6.61 Å². The first kappa shape index (κ1) is 29.9. The number of carbonyl (C=O) groups is 2. The first-order valence-electron chi connectivity index (χ1n) is 12.7. The standard InChI is InChI=1S/C28H38N2O7S/c1-15-11-20(32)19(26-25(36)24(35)23(34)21(14-31)38-26)13-18(15)12-17-9-7-16(8-10-17)5-4-6-22(33)30-28(2,3)27(29)37/h7-11,13,21,23-26,31-32,34-36H,4-6,12,14H2,1-3H3,(H2,29,37)(H,30,33)/t21-,23-,24?,25-,26+/m1/s1. The lowest BCUT2D eigenvalue weighted by molar-refractivity contribution is -0.130. The molecule has 8 N–H and O–H groups in total. The predicted octanol–water partition coefficient (Wildman–Crippen LogP) is 1.23. The zero-order valence-electron chi connectivity index (χ0n) is 21.9. The number of aromatic hydroxyl groups is 1. The van der Waals surface area contributed by atoms with E-state index < -0.39 is 40.3 Å². The van der Waals surface area contributed by atoms with Crippen molar-refractivity contribution in [3.8, 4) is 5.75 Å². The van der Waals surface area contributed by atoms with E-state index in [1.165, 1.54) is 0 Å². The molecule has 3 rings (SSSR count). The van der Waals surface area contributed by atoms with E-state index in [2.05, 4.69) is 5.32 Å². The number of phenols is 1. The van der Waals surface area contributed by atoms with Crippen molar-refractivity contribution in [1.82, 2.24) is 5.32 Å². The number of nitrogens with one attached hydrogen (secondary N) is 1. The van der Waals surface area contributed by atoms with Gasteiger partial charge in [-0.05, 0) is 68.4 Å². The molecule has 1 heterocycles. The van der Waals surface area contributed by atoms with Gasteiger partial charge in [0.05, 0.1) is 29.3 Å². The van der Waals surface area contributed by atoms with Crippen molar-refractivity contribution in [2.24, 2.45) is 5.73 Å². The summed E-state index contributed by atoms with van der Waals surface area (Å²) in [4.78, 5) is 23.5. The van der Waals surface area contributed by atoms with Gasteiger partial charge in [-0.3, -0.25) is 9.59 Å². The topological polar surface area (TPSA) is 173 Å². The van der Waals surface area contributed by atoms with E-state index in [1.807, 2.05) is 37.3 Å². The molecule has 0 aliphatic carbocycles. The SMILES string of the molecule is Cc1cc(O)c([C@@H]2S[C@H](CO)[C@@H](O)C(O)[C@H]2O)cc1Cc1ccc(CCCC(=O)NC(C)(C)C(N)=O)cc1. The average molecular weight is 547 g/mol. The van der Waals surface area contributed by atoms with Gasteiger partial charge in [0, 0.05) is 12.0 Å². The van der Waals surface area contributed by atoms with Crippen LogP contribution in [0.15, 0.2) is 36.4 Å². The van der Waals surface area contributed by atoms with Crippen LogP contribution in [0.2, 0.25) is 0 Å². The lowest BCUT2D eigenvalue weighted by Crippen LogP contribution is -2.52. The Hall–Kier alpha value is -2.63. The molecule has 1 aliphatic rings. The fourth-order valence-corrected chi connectivity index (χ4v) is 5.95. The molecule has 0 radical (unpaired) electrons. The second kappa shape index (κ2) is 12.5. The lowest BCUT2D eigenvalue weighted by Gasteiger charge is -2.40. The molecule has 38 heavy (non-hydrogen) atoms. The number of aryl methyl sites for hydroxylation is 2. The number of aliphatic hydroxyl groups is 4. The summed E-state index contributed by atoms with van der Waals surface area (Å²) < 4.78 is 0. The Bertz CT molecular complexity index is 1140. The van der Waals surface area contributed by atoms with Crippen molar-refractivity contribution in [2.45, 2.75) is 80.8 Å². The van der Waals surface area contributed by atoms with Gasteiger partial charge in [0.2, 0.25) is 11.8 Å². The summed E-state index contributed by atoms with van der Waals surface area (Å²) in [6, 6.07) is 11.4. The third-order valence-corrected chi connectivity index (χ3v) is 8.64. The highest BCUT2D eigenvalue weighted by molar-refractivity contribution is 8.00. The van der Waals surface area contributed by atoms with Crippen LogP contribution in [0.1, 0.15) is 59.8 Å². The van der Waals surface area contributed by atoms with Crippen LogP contribution < -0.4 is 11.1 Å². The van der Waals surface area contributed by atoms with E-state index in [-0.39, 0.29) is 24.7 Å². The fraction of sp³-hybridized carbons (Fsp3) is 0.500. The number of benzene rings is 2. The predicted molar refractivity (Wildman–Crippen MR) is 146 cm³/mol. The van der Waals surface area contributed by atoms with Gasteiger partial charge in [0.15, 0.2) is 0 Å². The number of amides is 2. The molecule has 2 aromatic rings. The van der Waals surface area contributed by atoms with Gasteiger partial charge in [0.25, 0.3) is 0 Å². The van der Waals surface area contributed by atoms with Crippen molar-refractivity contribution in [3.05, 3.63) is 64.2 Å². The Kier molecular flexibility index (Phi) is 9.83. The zero-order chi connectivity index (χ0) is 28.2. The zero-order valence-corrected chi connectivity index (χ0v) is 22.7. The molecular weight excluding hydrogens is 508 g/mol. The van der Waals surface area contributed by atoms with Crippen LogP contribution in [-0.2, 0) is 22.4 Å². The second-order valence-electron chi connectivity index (χ2n) is 10.5. The van der Waals surface area contributed by atoms with Crippen molar-refractivity contribution < 1.29 is 35.1 Å². The Morgan fingerprint density at radius 3 is 2.26 bits per heavy atom. The van der Waals surface area contributed by atoms with Crippen LogP contribution in [0, 0.1) is 6.92 Å². The van der Waals surface area contributed by atoms with Gasteiger partial charge in [0.1, 0.15) is 17.4 Å². The number of primary amides is 1. The Morgan fingerprint density at radius 1 is 1.03 bits per heavy atom. The molecule has 208 valence electrons. The van der Waals surface area contributed by atoms with Crippen molar-refractivity contribution in [1.29, 1.82) is 0 Å². The molecule has 5 atom stereocenters. The number of thioether (sulfide) groups is 1. The highest BCUT2D eigenvalue weighted by Gasteiger charge is 2.44. The lowest BCUT2D eigenvalue weighted by atomic mass is 9.92. The number of hydrogen-bond acceptors (Lipinski definition) is 8. The summed E-state index contributed by atoms with van der Waals surface area (Å²) in [6.07, 6.45) is -1.83. The number of nitrogens with two attached hydrogens (primary N) is 1. The largest absolute Gasteiger partial charge is 0.508 e. The van der Waals surface area contributed by atoms with E-state index >= 15 is 0 Å². The van der Waals surface area contributed by atoms with Crippen LogP contribution in [0.3, 0.4) is 0 Å². The van der Waals surface area contributed by atoms with Crippen LogP contribution in [0.5, 0.6) is 5.75 Å². The minimum Gasteiger partial charge on any atom is -0.508 e. The first-order valence-corrected chi connectivity index (χ1v) is 13.6. The van der Waals surface area contributed by atoms with E-state index in [4.69, 9.17) is 5.73 Å². The van der Waals surface area contributed by atoms with Gasteiger partial charge < -0.3 is 36.6 Å². The Labute approximate surface area is 227 Å². The van der Waals surface area contributed by atoms with Gasteiger partial charge in [-0.15, -0.1) is 11.8 Å². The second-order valence-corrected chi connectivity index (χ2v) is 11.9. The van der Waals surface area contributed by atoms with E-state index in [1.54, 1.807) is 19.9 Å². The quantitative estimate of drug-likeness (QED) is 0.233. The number of aliphatic hydroxyl groups excluding tert-OH is 4. The summed E-state index contributed by atoms with van der Waals surface area (Å²) in [5.74, 6) is -0.823. The maximum absolute atomic E-state index is 12.1. The molecule has 1 unspecified atom stereocenters. The maximum atomic E-state index is 12.1. The summed E-state index contributed by atoms with van der Waals surface area (Å²) in [6.45, 7) is 4.66. The summed E-state index contributed by atoms with van der Waals surface area (Å²) in [7, 11) is 0. The van der Waals surface area contributed by atoms with Crippen molar-refractivity contribution in [3.63, 3.8) is 0 Å². The molecule has 0 saturated carbocycles. The third kappa shape index (κ3) is 7.06. The molecule has 10 heteroatoms. The minimum absolute atomic E-state index is 0.0123. The van der Waals surface area contributed by atoms with Crippen LogP contribution >= 0.6 is 11.8 Å². The number of hydrogen-bond donors (Lipinski definition) is 7. The highest BCUT2D eigenvalue weighted by Crippen LogP contribution is 2.46. The van der Waals surface area contributed by atoms with Crippen molar-refractivity contribution >= 4 is 23.6 Å². The molecule has 9 nitrogen and oxygen atoms in total. The molecule has 1 fully saturated rings. The van der Waals surface area contributed by atoms with Crippen LogP contribution in [-0.4, -0.2) is 73.1 Å². The molecule has 0 bridgehead atoms. The van der Waals surface area contributed by atoms with Gasteiger partial charge >= 0.3 is 0 Å². The summed E-state index contributed by atoms with van der Waals surface area (Å²) >= 11 is 1.13. The number of carbonyl (C=O) groups excluding carboxylic acids is 2. The smallest absolute Gasteiger partial charge is 0.242 e. The molecule has 0 aromatic heterocycles. The molecule has 2 amide bonds. The fourth-order valence-electron chi connectivity index (χ4n) is 4.50. The van der Waals surface area contributed by atoms with Crippen LogP contribution in [0.25, 0.3) is 0 Å². The normalized spacial score (nSPS) is 23.7. The number of phenolic OH excluding ortho intramolecular Hbond substituents is 1. The van der Waals surface area contributed by atoms with E-state index in [0.717, 1.165) is 34.0 Å². The molecule has 1 aliphatic heterocycles. The summed E-state index contributed by atoms with van der Waals surface area (Å²) in [5.41, 5.74) is 8.57. The first-order chi connectivity index (χ1) is 17.8. The molecular formula is C28H38N2O7S. The van der Waals surface area contributed by atoms with Gasteiger partial charge in [-0.2, -0.15) is 0 Å². The maximum Gasteiger partial charge on any atom is 0.242 e. The highest BCUT2D eigenvalue weighted by atomic mass is 32.2. The van der Waals surface area contributed by atoms with Crippen LogP contribution in [0.4, 0.5) is 0 Å². The minimum atomic E-state index is -1.43.